The van der Waals surface area contributed by atoms with Gasteiger partial charge in [0.05, 0.1) is 12.8 Å². The van der Waals surface area contributed by atoms with Gasteiger partial charge in [0.15, 0.2) is 0 Å². The van der Waals surface area contributed by atoms with Gasteiger partial charge in [0.2, 0.25) is 0 Å². The van der Waals surface area contributed by atoms with Crippen molar-refractivity contribution in [2.75, 3.05) is 19.6 Å². The molecule has 0 radical (unpaired) electrons. The minimum absolute atomic E-state index is 0.787. The van der Waals surface area contributed by atoms with Crippen molar-refractivity contribution in [1.29, 1.82) is 0 Å². The van der Waals surface area contributed by atoms with Crippen LogP contribution in [0.3, 0.4) is 0 Å². The third kappa shape index (κ3) is 4.59. The molecular weight excluding hydrogens is 212 g/mol. The SMILES string of the molecule is C=CCN(CC=C)Cc1ccoc1CNCC. The monoisotopic (exact) mass is 234 g/mol. The van der Waals surface area contributed by atoms with Crippen molar-refractivity contribution in [3.05, 3.63) is 49.0 Å². The molecule has 0 saturated carbocycles. The zero-order chi connectivity index (χ0) is 12.5. The zero-order valence-electron chi connectivity index (χ0n) is 10.6. The lowest BCUT2D eigenvalue weighted by Gasteiger charge is -2.18. The average Bonchev–Trinajstić information content (AvgIpc) is 2.74. The van der Waals surface area contributed by atoms with Crippen LogP contribution in [0.2, 0.25) is 0 Å². The van der Waals surface area contributed by atoms with Crippen LogP contribution in [-0.4, -0.2) is 24.5 Å². The van der Waals surface area contributed by atoms with Crippen molar-refractivity contribution < 1.29 is 4.42 Å². The van der Waals surface area contributed by atoms with Gasteiger partial charge in [0.25, 0.3) is 0 Å². The fraction of sp³-hybridized carbons (Fsp3) is 0.429. The van der Waals surface area contributed by atoms with Crippen molar-refractivity contribution in [3.8, 4) is 0 Å². The van der Waals surface area contributed by atoms with Gasteiger partial charge in [-0.3, -0.25) is 4.90 Å². The van der Waals surface area contributed by atoms with Crippen molar-refractivity contribution in [2.45, 2.75) is 20.0 Å². The zero-order valence-corrected chi connectivity index (χ0v) is 10.6. The Balaban J connectivity index is 2.60. The number of rotatable bonds is 9. The lowest BCUT2D eigenvalue weighted by Crippen LogP contribution is -2.24. The Bertz CT molecular complexity index is 334. The van der Waals surface area contributed by atoms with E-state index < -0.39 is 0 Å². The molecule has 3 nitrogen and oxygen atoms in total. The molecule has 0 amide bonds. The van der Waals surface area contributed by atoms with Crippen LogP contribution in [0.1, 0.15) is 18.2 Å². The molecule has 1 aromatic rings. The highest BCUT2D eigenvalue weighted by molar-refractivity contribution is 5.17. The van der Waals surface area contributed by atoms with Crippen LogP contribution in [0.4, 0.5) is 0 Å². The van der Waals surface area contributed by atoms with E-state index in [-0.39, 0.29) is 0 Å². The number of hydrogen-bond donors (Lipinski definition) is 1. The minimum atomic E-state index is 0.787. The van der Waals surface area contributed by atoms with E-state index in [4.69, 9.17) is 4.42 Å². The van der Waals surface area contributed by atoms with Crippen LogP contribution in [0, 0.1) is 0 Å². The Morgan fingerprint density at radius 2 is 2.06 bits per heavy atom. The maximum atomic E-state index is 5.48. The van der Waals surface area contributed by atoms with Crippen molar-refractivity contribution in [3.63, 3.8) is 0 Å². The van der Waals surface area contributed by atoms with Crippen LogP contribution in [0.15, 0.2) is 42.1 Å². The lowest BCUT2D eigenvalue weighted by atomic mass is 10.2. The van der Waals surface area contributed by atoms with E-state index in [2.05, 4.69) is 30.3 Å². The van der Waals surface area contributed by atoms with E-state index in [0.29, 0.717) is 0 Å². The predicted octanol–water partition coefficient (Wildman–Crippen LogP) is 2.56. The van der Waals surface area contributed by atoms with Gasteiger partial charge >= 0.3 is 0 Å². The number of nitrogens with one attached hydrogen (secondary N) is 1. The summed E-state index contributed by atoms with van der Waals surface area (Å²) in [5.74, 6) is 1.02. The maximum absolute atomic E-state index is 5.48. The average molecular weight is 234 g/mol. The van der Waals surface area contributed by atoms with E-state index in [0.717, 1.165) is 38.5 Å². The highest BCUT2D eigenvalue weighted by Crippen LogP contribution is 2.13. The van der Waals surface area contributed by atoms with Gasteiger partial charge in [-0.1, -0.05) is 19.1 Å². The molecule has 1 N–H and O–H groups in total. The first-order chi connectivity index (χ1) is 8.31. The van der Waals surface area contributed by atoms with Crippen LogP contribution < -0.4 is 5.32 Å². The Labute approximate surface area is 104 Å². The molecule has 0 aliphatic rings. The quantitative estimate of drug-likeness (QED) is 0.666. The van der Waals surface area contributed by atoms with Gasteiger partial charge in [-0.05, 0) is 12.6 Å². The van der Waals surface area contributed by atoms with Gasteiger partial charge in [-0.25, -0.2) is 0 Å². The standard InChI is InChI=1S/C14H22N2O/c1-4-8-16(9-5-2)12-13-7-10-17-14(13)11-15-6-3/h4-5,7,10,15H,1-2,6,8-9,11-12H2,3H3. The smallest absolute Gasteiger partial charge is 0.122 e. The number of nitrogens with zero attached hydrogens (tertiary/aromatic N) is 1. The summed E-state index contributed by atoms with van der Waals surface area (Å²) >= 11 is 0. The van der Waals surface area contributed by atoms with E-state index in [1.165, 1.54) is 5.56 Å². The molecule has 17 heavy (non-hydrogen) atoms. The normalized spacial score (nSPS) is 10.7. The Hall–Kier alpha value is -1.32. The van der Waals surface area contributed by atoms with Gasteiger partial charge in [0, 0.05) is 25.2 Å². The first-order valence-electron chi connectivity index (χ1n) is 6.01. The van der Waals surface area contributed by atoms with Gasteiger partial charge < -0.3 is 9.73 Å². The summed E-state index contributed by atoms with van der Waals surface area (Å²) < 4.78 is 5.48. The summed E-state index contributed by atoms with van der Waals surface area (Å²) in [7, 11) is 0. The number of hydrogen-bond acceptors (Lipinski definition) is 3. The summed E-state index contributed by atoms with van der Waals surface area (Å²) in [5, 5.41) is 3.28. The first kappa shape index (κ1) is 13.7. The summed E-state index contributed by atoms with van der Waals surface area (Å²) in [4.78, 5) is 2.26. The van der Waals surface area contributed by atoms with E-state index in [1.54, 1.807) is 6.26 Å². The van der Waals surface area contributed by atoms with Crippen LogP contribution >= 0.6 is 0 Å². The molecule has 0 unspecified atom stereocenters. The summed E-state index contributed by atoms with van der Waals surface area (Å²) in [6, 6.07) is 2.03. The van der Waals surface area contributed by atoms with Crippen LogP contribution in [0.5, 0.6) is 0 Å². The van der Waals surface area contributed by atoms with Crippen LogP contribution in [0.25, 0.3) is 0 Å². The highest BCUT2D eigenvalue weighted by Gasteiger charge is 2.09. The molecule has 3 heteroatoms. The summed E-state index contributed by atoms with van der Waals surface area (Å²) in [6.07, 6.45) is 5.57. The van der Waals surface area contributed by atoms with Crippen molar-refractivity contribution in [1.82, 2.24) is 10.2 Å². The lowest BCUT2D eigenvalue weighted by molar-refractivity contribution is 0.323. The van der Waals surface area contributed by atoms with E-state index in [9.17, 15) is 0 Å². The largest absolute Gasteiger partial charge is 0.468 e. The second kappa shape index (κ2) is 7.87. The molecule has 0 bridgehead atoms. The molecule has 0 aliphatic carbocycles. The predicted molar refractivity (Wildman–Crippen MR) is 71.8 cm³/mol. The Morgan fingerprint density at radius 1 is 1.35 bits per heavy atom. The molecule has 0 fully saturated rings. The molecule has 0 aromatic carbocycles. The van der Waals surface area contributed by atoms with Gasteiger partial charge in [0.1, 0.15) is 5.76 Å². The third-order valence-electron chi connectivity index (χ3n) is 2.54. The first-order valence-corrected chi connectivity index (χ1v) is 6.01. The van der Waals surface area contributed by atoms with Crippen molar-refractivity contribution >= 4 is 0 Å². The fourth-order valence-corrected chi connectivity index (χ4v) is 1.71. The fourth-order valence-electron chi connectivity index (χ4n) is 1.71. The Kier molecular flexibility index (Phi) is 6.37. The Morgan fingerprint density at radius 3 is 2.65 bits per heavy atom. The molecular formula is C14H22N2O. The molecule has 1 aromatic heterocycles. The van der Waals surface area contributed by atoms with Gasteiger partial charge in [-0.2, -0.15) is 0 Å². The minimum Gasteiger partial charge on any atom is -0.468 e. The maximum Gasteiger partial charge on any atom is 0.122 e. The van der Waals surface area contributed by atoms with E-state index in [1.807, 2.05) is 18.2 Å². The molecule has 94 valence electrons. The van der Waals surface area contributed by atoms with Gasteiger partial charge in [-0.15, -0.1) is 13.2 Å². The van der Waals surface area contributed by atoms with E-state index >= 15 is 0 Å². The summed E-state index contributed by atoms with van der Waals surface area (Å²) in [6.45, 7) is 14.0. The topological polar surface area (TPSA) is 28.4 Å². The summed E-state index contributed by atoms with van der Waals surface area (Å²) in [5.41, 5.74) is 1.23. The second-order valence-electron chi connectivity index (χ2n) is 3.92. The van der Waals surface area contributed by atoms with Crippen molar-refractivity contribution in [2.24, 2.45) is 0 Å². The molecule has 0 atom stereocenters. The third-order valence-corrected chi connectivity index (χ3v) is 2.54. The van der Waals surface area contributed by atoms with Crippen LogP contribution in [-0.2, 0) is 13.1 Å². The molecule has 0 spiro atoms. The molecule has 1 rings (SSSR count). The molecule has 0 aliphatic heterocycles. The molecule has 1 heterocycles. The molecule has 0 saturated heterocycles. The second-order valence-corrected chi connectivity index (χ2v) is 3.92. The number of furan rings is 1. The highest BCUT2D eigenvalue weighted by atomic mass is 16.3.